The van der Waals surface area contributed by atoms with Crippen LogP contribution in [0.1, 0.15) is 51.0 Å². The molecular formula is C15H25BrN2O. The second kappa shape index (κ2) is 7.13. The summed E-state index contributed by atoms with van der Waals surface area (Å²) in [6, 6.07) is 2.22. The fourth-order valence-corrected chi connectivity index (χ4v) is 2.93. The van der Waals surface area contributed by atoms with E-state index in [9.17, 15) is 4.79 Å². The second-order valence-electron chi connectivity index (χ2n) is 5.48. The molecule has 0 unspecified atom stereocenters. The molecule has 0 N–H and O–H groups in total. The molecule has 108 valence electrons. The largest absolute Gasteiger partial charge is 0.345 e. The van der Waals surface area contributed by atoms with Crippen molar-refractivity contribution in [3.05, 3.63) is 22.4 Å². The van der Waals surface area contributed by atoms with E-state index >= 15 is 0 Å². The van der Waals surface area contributed by atoms with Gasteiger partial charge in [-0.1, -0.05) is 27.7 Å². The van der Waals surface area contributed by atoms with Crippen LogP contribution in [-0.2, 0) is 7.05 Å². The van der Waals surface area contributed by atoms with Gasteiger partial charge in [-0.25, -0.2) is 0 Å². The van der Waals surface area contributed by atoms with Crippen LogP contribution in [0.2, 0.25) is 0 Å². The van der Waals surface area contributed by atoms with E-state index in [-0.39, 0.29) is 5.91 Å². The molecule has 1 heterocycles. The Morgan fingerprint density at radius 2 is 1.95 bits per heavy atom. The summed E-state index contributed by atoms with van der Waals surface area (Å²) in [5.74, 6) is 0.615. The fraction of sp³-hybridized carbons (Fsp3) is 0.667. The third-order valence-electron chi connectivity index (χ3n) is 3.40. The van der Waals surface area contributed by atoms with Crippen molar-refractivity contribution in [1.82, 2.24) is 9.47 Å². The molecule has 19 heavy (non-hydrogen) atoms. The van der Waals surface area contributed by atoms with Crippen LogP contribution in [0.25, 0.3) is 0 Å². The Labute approximate surface area is 125 Å². The molecule has 0 bridgehead atoms. The summed E-state index contributed by atoms with van der Waals surface area (Å²) in [5.41, 5.74) is 0.749. The smallest absolute Gasteiger partial charge is 0.270 e. The molecule has 1 aromatic heterocycles. The molecule has 1 aromatic rings. The molecule has 0 atom stereocenters. The Morgan fingerprint density at radius 3 is 2.32 bits per heavy atom. The Morgan fingerprint density at radius 1 is 1.37 bits per heavy atom. The third kappa shape index (κ3) is 4.10. The molecule has 0 saturated heterocycles. The zero-order valence-corrected chi connectivity index (χ0v) is 14.2. The van der Waals surface area contributed by atoms with Crippen molar-refractivity contribution < 1.29 is 4.79 Å². The SMILES string of the molecule is CCC(CC)N(CC(C)C)C(=O)c1cc(Br)cn1C. The average Bonchev–Trinajstić information content (AvgIpc) is 2.67. The van der Waals surface area contributed by atoms with Crippen LogP contribution in [-0.4, -0.2) is 28.0 Å². The minimum atomic E-state index is 0.135. The van der Waals surface area contributed by atoms with Crippen molar-refractivity contribution in [3.63, 3.8) is 0 Å². The van der Waals surface area contributed by atoms with Gasteiger partial charge in [0.15, 0.2) is 0 Å². The summed E-state index contributed by atoms with van der Waals surface area (Å²) in [4.78, 5) is 14.8. The predicted octanol–water partition coefficient (Wildman–Crippen LogP) is 4.07. The molecule has 0 aliphatic carbocycles. The highest BCUT2D eigenvalue weighted by Gasteiger charge is 2.25. The summed E-state index contributed by atoms with van der Waals surface area (Å²) >= 11 is 3.43. The lowest BCUT2D eigenvalue weighted by atomic mass is 10.1. The van der Waals surface area contributed by atoms with E-state index < -0.39 is 0 Å². The molecule has 1 rings (SSSR count). The standard InChI is InChI=1S/C15H25BrN2O/c1-6-13(7-2)18(9-11(3)4)15(19)14-8-12(16)10-17(14)5/h8,10-11,13H,6-7,9H2,1-5H3. The number of rotatable bonds is 6. The summed E-state index contributed by atoms with van der Waals surface area (Å²) in [5, 5.41) is 0. The maximum atomic E-state index is 12.8. The summed E-state index contributed by atoms with van der Waals surface area (Å²) < 4.78 is 2.84. The first-order valence-corrected chi connectivity index (χ1v) is 7.82. The van der Waals surface area contributed by atoms with Crippen molar-refractivity contribution in [1.29, 1.82) is 0 Å². The van der Waals surface area contributed by atoms with E-state index in [1.54, 1.807) is 0 Å². The number of amides is 1. The molecule has 4 heteroatoms. The maximum Gasteiger partial charge on any atom is 0.270 e. The number of aryl methyl sites for hydroxylation is 1. The van der Waals surface area contributed by atoms with Gasteiger partial charge in [0.1, 0.15) is 5.69 Å². The van der Waals surface area contributed by atoms with E-state index in [0.29, 0.717) is 12.0 Å². The zero-order chi connectivity index (χ0) is 14.6. The van der Waals surface area contributed by atoms with Gasteiger partial charge in [0.25, 0.3) is 5.91 Å². The number of carbonyl (C=O) groups is 1. The highest BCUT2D eigenvalue weighted by molar-refractivity contribution is 9.10. The van der Waals surface area contributed by atoms with Crippen LogP contribution in [0, 0.1) is 5.92 Å². The molecule has 1 amide bonds. The van der Waals surface area contributed by atoms with Crippen molar-refractivity contribution in [2.24, 2.45) is 13.0 Å². The normalized spacial score (nSPS) is 11.4. The Bertz CT molecular complexity index is 422. The summed E-state index contributed by atoms with van der Waals surface area (Å²) in [6.07, 6.45) is 3.93. The van der Waals surface area contributed by atoms with E-state index in [1.807, 2.05) is 28.8 Å². The molecule has 0 spiro atoms. The lowest BCUT2D eigenvalue weighted by Crippen LogP contribution is -2.42. The Hall–Kier alpha value is -0.770. The first-order chi connectivity index (χ1) is 8.90. The molecule has 0 aliphatic rings. The van der Waals surface area contributed by atoms with E-state index in [0.717, 1.165) is 29.6 Å². The van der Waals surface area contributed by atoms with Gasteiger partial charge >= 0.3 is 0 Å². The third-order valence-corrected chi connectivity index (χ3v) is 3.83. The molecule has 0 aromatic carbocycles. The van der Waals surface area contributed by atoms with E-state index in [1.165, 1.54) is 0 Å². The van der Waals surface area contributed by atoms with Crippen LogP contribution < -0.4 is 0 Å². The molecular weight excluding hydrogens is 304 g/mol. The minimum Gasteiger partial charge on any atom is -0.345 e. The fourth-order valence-electron chi connectivity index (χ4n) is 2.40. The van der Waals surface area contributed by atoms with Gasteiger partial charge in [-0.05, 0) is 40.8 Å². The van der Waals surface area contributed by atoms with Gasteiger partial charge in [-0.2, -0.15) is 0 Å². The second-order valence-corrected chi connectivity index (χ2v) is 6.39. The zero-order valence-electron chi connectivity index (χ0n) is 12.6. The van der Waals surface area contributed by atoms with Gasteiger partial charge in [-0.15, -0.1) is 0 Å². The number of hydrogen-bond acceptors (Lipinski definition) is 1. The van der Waals surface area contributed by atoms with Gasteiger partial charge in [0.05, 0.1) is 0 Å². The van der Waals surface area contributed by atoms with Crippen LogP contribution >= 0.6 is 15.9 Å². The van der Waals surface area contributed by atoms with Crippen LogP contribution in [0.5, 0.6) is 0 Å². The van der Waals surface area contributed by atoms with Crippen LogP contribution in [0.15, 0.2) is 16.7 Å². The molecule has 0 fully saturated rings. The number of halogens is 1. The van der Waals surface area contributed by atoms with Crippen molar-refractivity contribution in [3.8, 4) is 0 Å². The average molecular weight is 329 g/mol. The summed E-state index contributed by atoms with van der Waals surface area (Å²) in [6.45, 7) is 9.42. The van der Waals surface area contributed by atoms with Crippen molar-refractivity contribution in [2.75, 3.05) is 6.54 Å². The molecule has 0 radical (unpaired) electrons. The number of nitrogens with zero attached hydrogens (tertiary/aromatic N) is 2. The molecule has 0 saturated carbocycles. The summed E-state index contributed by atoms with van der Waals surface area (Å²) in [7, 11) is 1.92. The first kappa shape index (κ1) is 16.3. The first-order valence-electron chi connectivity index (χ1n) is 7.03. The van der Waals surface area contributed by atoms with Crippen LogP contribution in [0.4, 0.5) is 0 Å². The van der Waals surface area contributed by atoms with Crippen LogP contribution in [0.3, 0.4) is 0 Å². The molecule has 0 aliphatic heterocycles. The van der Waals surface area contributed by atoms with Gasteiger partial charge in [0.2, 0.25) is 0 Å². The topological polar surface area (TPSA) is 25.2 Å². The van der Waals surface area contributed by atoms with Gasteiger partial charge in [-0.3, -0.25) is 4.79 Å². The number of hydrogen-bond donors (Lipinski definition) is 0. The lowest BCUT2D eigenvalue weighted by molar-refractivity contribution is 0.0630. The number of carbonyl (C=O) groups excluding carboxylic acids is 1. The van der Waals surface area contributed by atoms with E-state index in [4.69, 9.17) is 0 Å². The predicted molar refractivity (Wildman–Crippen MR) is 83.4 cm³/mol. The van der Waals surface area contributed by atoms with Crippen molar-refractivity contribution in [2.45, 2.75) is 46.6 Å². The quantitative estimate of drug-likeness (QED) is 0.772. The monoisotopic (exact) mass is 328 g/mol. The highest BCUT2D eigenvalue weighted by atomic mass is 79.9. The van der Waals surface area contributed by atoms with Crippen molar-refractivity contribution >= 4 is 21.8 Å². The Balaban J connectivity index is 3.03. The lowest BCUT2D eigenvalue weighted by Gasteiger charge is -2.32. The number of aromatic nitrogens is 1. The van der Waals surface area contributed by atoms with Gasteiger partial charge < -0.3 is 9.47 Å². The minimum absolute atomic E-state index is 0.135. The Kier molecular flexibility index (Phi) is 6.11. The van der Waals surface area contributed by atoms with E-state index in [2.05, 4.69) is 43.6 Å². The highest BCUT2D eigenvalue weighted by Crippen LogP contribution is 2.19. The molecule has 3 nitrogen and oxygen atoms in total. The maximum absolute atomic E-state index is 12.8. The van der Waals surface area contributed by atoms with Gasteiger partial charge in [0, 0.05) is 30.3 Å².